The Kier molecular flexibility index (Phi) is 63.8. The summed E-state index contributed by atoms with van der Waals surface area (Å²) < 4.78 is 28.8. The Morgan fingerprint density at radius 3 is 0.882 bits per heavy atom. The predicted octanol–water partition coefficient (Wildman–Crippen LogP) is 2.80. The maximum Gasteiger partial charge on any atom is 0.144 e. The van der Waals surface area contributed by atoms with Crippen LogP contribution in [0.15, 0.2) is 0 Å². The van der Waals surface area contributed by atoms with Gasteiger partial charge in [0.15, 0.2) is 0 Å². The Labute approximate surface area is 113 Å². The van der Waals surface area contributed by atoms with E-state index in [2.05, 4.69) is 0 Å². The van der Waals surface area contributed by atoms with E-state index in [1.165, 1.54) is 13.8 Å². The molecule has 114 valence electrons. The van der Waals surface area contributed by atoms with Crippen LogP contribution < -0.4 is 0 Å². The molecule has 0 N–H and O–H groups in total. The van der Waals surface area contributed by atoms with E-state index >= 15 is 0 Å². The molecule has 0 heterocycles. The summed E-state index contributed by atoms with van der Waals surface area (Å²) in [6.45, 7) is 3.06. The monoisotopic (exact) mass is 294 g/mol. The molecule has 0 atom stereocenters. The molecule has 0 amide bonds. The second-order valence-corrected chi connectivity index (χ2v) is 6.56. The molecule has 0 aromatic rings. The van der Waals surface area contributed by atoms with Gasteiger partial charge in [0.05, 0.1) is 0 Å². The fourth-order valence-electron chi connectivity index (χ4n) is 0. The molecule has 6 heteroatoms. The summed E-state index contributed by atoms with van der Waals surface area (Å²) in [6, 6.07) is 0. The number of ketones is 1. The van der Waals surface area contributed by atoms with E-state index < -0.39 is 20.6 Å². The minimum atomic E-state index is -2.67. The lowest BCUT2D eigenvalue weighted by molar-refractivity contribution is -0.114. The zero-order chi connectivity index (χ0) is 11.7. The molecule has 0 aliphatic heterocycles. The number of sulfone groups is 1. The molecule has 0 spiro atoms. The summed E-state index contributed by atoms with van der Waals surface area (Å²) in [5, 5.41) is 0. The van der Waals surface area contributed by atoms with Gasteiger partial charge in [-0.2, -0.15) is 0 Å². The molecular formula is C11H34O4S2. The minimum Gasteiger partial charge on any atom is -0.300 e. The molecule has 17 heavy (non-hydrogen) atoms. The molecule has 0 radical (unpaired) electrons. The van der Waals surface area contributed by atoms with Gasteiger partial charge in [0.25, 0.3) is 0 Å². The summed E-state index contributed by atoms with van der Waals surface area (Å²) in [6.07, 6.45) is 5.60. The fraction of sp³-hybridized carbons (Fsp3) is 0.909. The summed E-state index contributed by atoms with van der Waals surface area (Å²) in [7, 11) is -3.28. The van der Waals surface area contributed by atoms with Gasteiger partial charge >= 0.3 is 0 Å². The lowest BCUT2D eigenvalue weighted by atomic mass is 10.6. The van der Waals surface area contributed by atoms with Gasteiger partial charge in [0, 0.05) is 35.8 Å². The van der Waals surface area contributed by atoms with Crippen LogP contribution in [0.4, 0.5) is 0 Å². The molecule has 0 saturated heterocycles. The zero-order valence-corrected chi connectivity index (χ0v) is 10.6. The Morgan fingerprint density at radius 2 is 0.882 bits per heavy atom. The SMILES string of the molecule is C.C.C.C.CC(C)=O.CS(C)(=O)=O.CS(C)=O. The lowest BCUT2D eigenvalue weighted by Gasteiger charge is -1.69. The van der Waals surface area contributed by atoms with E-state index in [-0.39, 0.29) is 35.5 Å². The first-order valence-corrected chi connectivity index (χ1v) is 7.60. The smallest absolute Gasteiger partial charge is 0.144 e. The fourth-order valence-corrected chi connectivity index (χ4v) is 0. The van der Waals surface area contributed by atoms with Crippen molar-refractivity contribution >= 4 is 26.4 Å². The van der Waals surface area contributed by atoms with Crippen LogP contribution in [0.3, 0.4) is 0 Å². The van der Waals surface area contributed by atoms with Crippen LogP contribution in [0.25, 0.3) is 0 Å². The summed E-state index contributed by atoms with van der Waals surface area (Å²) >= 11 is 0. The average Bonchev–Trinajstić information content (AvgIpc) is 1.50. The Bertz CT molecular complexity index is 216. The number of hydrogen-bond donors (Lipinski definition) is 0. The second-order valence-electron chi connectivity index (χ2n) is 2.79. The third kappa shape index (κ3) is 56500. The molecule has 4 nitrogen and oxygen atoms in total. The van der Waals surface area contributed by atoms with Crippen molar-refractivity contribution in [1.29, 1.82) is 0 Å². The van der Waals surface area contributed by atoms with Gasteiger partial charge in [-0.05, 0) is 13.8 Å². The van der Waals surface area contributed by atoms with E-state index in [1.54, 1.807) is 12.5 Å². The Balaban J connectivity index is -0.0000000159. The van der Waals surface area contributed by atoms with Crippen molar-refractivity contribution in [3.63, 3.8) is 0 Å². The quantitative estimate of drug-likeness (QED) is 0.689. The molecule has 0 aliphatic carbocycles. The standard InChI is InChI=1S/C3H6O.C2H6O2S.C2H6OS.4CH4/c1-3(2)4;1-5(2,3)4;1-4(2)3;;;;/h1-2H3;1-2H3;1-2H3;4*1H4. The van der Waals surface area contributed by atoms with Gasteiger partial charge in [-0.15, -0.1) is 0 Å². The van der Waals surface area contributed by atoms with Crippen LogP contribution in [0, 0.1) is 0 Å². The van der Waals surface area contributed by atoms with Gasteiger partial charge in [-0.25, -0.2) is 8.42 Å². The van der Waals surface area contributed by atoms with E-state index in [0.717, 1.165) is 12.5 Å². The topological polar surface area (TPSA) is 68.3 Å². The molecule has 0 unspecified atom stereocenters. The second kappa shape index (κ2) is 24.8. The minimum absolute atomic E-state index is 0. The van der Waals surface area contributed by atoms with Crippen molar-refractivity contribution in [3.05, 3.63) is 0 Å². The van der Waals surface area contributed by atoms with E-state index in [4.69, 9.17) is 0 Å². The van der Waals surface area contributed by atoms with Gasteiger partial charge in [0.2, 0.25) is 0 Å². The molecule has 0 aromatic carbocycles. The molecule has 0 fully saturated rings. The number of carbonyl (C=O) groups excluding carboxylic acids is 1. The van der Waals surface area contributed by atoms with Crippen molar-refractivity contribution in [1.82, 2.24) is 0 Å². The highest BCUT2D eigenvalue weighted by Crippen LogP contribution is 1.61. The first-order chi connectivity index (χ1) is 5.46. The molecular weight excluding hydrogens is 260 g/mol. The highest BCUT2D eigenvalue weighted by Gasteiger charge is 1.79. The molecule has 0 bridgehead atoms. The molecule has 0 saturated carbocycles. The highest BCUT2D eigenvalue weighted by molar-refractivity contribution is 7.89. The van der Waals surface area contributed by atoms with Crippen molar-refractivity contribution in [3.8, 4) is 0 Å². The highest BCUT2D eigenvalue weighted by atomic mass is 32.2. The number of rotatable bonds is 0. The van der Waals surface area contributed by atoms with Crippen molar-refractivity contribution in [2.24, 2.45) is 0 Å². The number of Topliss-reactive ketones (excluding diaryl/α,β-unsaturated/α-hetero) is 1. The van der Waals surface area contributed by atoms with Crippen molar-refractivity contribution < 1.29 is 17.4 Å². The van der Waals surface area contributed by atoms with E-state index in [9.17, 15) is 17.4 Å². The van der Waals surface area contributed by atoms with Crippen LogP contribution in [0.2, 0.25) is 0 Å². The summed E-state index contributed by atoms with van der Waals surface area (Å²) in [4.78, 5) is 9.44. The third-order valence-corrected chi connectivity index (χ3v) is 0. The van der Waals surface area contributed by atoms with Crippen LogP contribution >= 0.6 is 0 Å². The van der Waals surface area contributed by atoms with Crippen LogP contribution in [-0.4, -0.2) is 43.4 Å². The maximum atomic E-state index is 9.63. The molecule has 0 rings (SSSR count). The van der Waals surface area contributed by atoms with Gasteiger partial charge in [-0.3, -0.25) is 4.21 Å². The van der Waals surface area contributed by atoms with E-state index in [0.29, 0.717) is 0 Å². The van der Waals surface area contributed by atoms with Gasteiger partial charge in [-0.1, -0.05) is 29.7 Å². The number of carbonyl (C=O) groups is 1. The average molecular weight is 295 g/mol. The molecule has 0 aromatic heterocycles. The van der Waals surface area contributed by atoms with Gasteiger partial charge in [0.1, 0.15) is 15.6 Å². The molecule has 0 aliphatic rings. The largest absolute Gasteiger partial charge is 0.300 e. The Morgan fingerprint density at radius 1 is 0.882 bits per heavy atom. The normalized spacial score (nSPS) is 7.00. The summed E-state index contributed by atoms with van der Waals surface area (Å²) in [5.41, 5.74) is 0. The van der Waals surface area contributed by atoms with E-state index in [1.807, 2.05) is 0 Å². The Hall–Kier alpha value is -0.230. The van der Waals surface area contributed by atoms with Crippen LogP contribution in [0.1, 0.15) is 43.6 Å². The first-order valence-electron chi connectivity index (χ1n) is 3.34. The van der Waals surface area contributed by atoms with Crippen molar-refractivity contribution in [2.75, 3.05) is 25.0 Å². The maximum absolute atomic E-state index is 9.63. The number of hydrogen-bond acceptors (Lipinski definition) is 4. The van der Waals surface area contributed by atoms with Gasteiger partial charge < -0.3 is 4.79 Å². The first kappa shape index (κ1) is 43.7. The lowest BCUT2D eigenvalue weighted by Crippen LogP contribution is -1.86. The summed E-state index contributed by atoms with van der Waals surface area (Å²) in [5.74, 6) is 0.167. The predicted molar refractivity (Wildman–Crippen MR) is 84.0 cm³/mol. The van der Waals surface area contributed by atoms with Crippen LogP contribution in [0.5, 0.6) is 0 Å². The zero-order valence-electron chi connectivity index (χ0n) is 8.95. The third-order valence-electron chi connectivity index (χ3n) is 0. The van der Waals surface area contributed by atoms with Crippen LogP contribution in [-0.2, 0) is 25.4 Å². The van der Waals surface area contributed by atoms with Crippen molar-refractivity contribution in [2.45, 2.75) is 43.6 Å².